The first-order valence-corrected chi connectivity index (χ1v) is 12.0. The fourth-order valence-corrected chi connectivity index (χ4v) is 5.52. The maximum atomic E-state index is 12.7. The highest BCUT2D eigenvalue weighted by molar-refractivity contribution is 7.99. The van der Waals surface area contributed by atoms with Crippen molar-refractivity contribution in [2.75, 3.05) is 25.4 Å². The highest BCUT2D eigenvalue weighted by atomic mass is 35.5. The van der Waals surface area contributed by atoms with E-state index in [2.05, 4.69) is 5.32 Å². The van der Waals surface area contributed by atoms with Gasteiger partial charge in [-0.05, 0) is 55.3 Å². The van der Waals surface area contributed by atoms with Gasteiger partial charge in [-0.15, -0.1) is 11.8 Å². The van der Waals surface area contributed by atoms with Crippen LogP contribution >= 0.6 is 35.0 Å². The first-order valence-electron chi connectivity index (χ1n) is 8.84. The van der Waals surface area contributed by atoms with Crippen LogP contribution in [0.5, 0.6) is 0 Å². The van der Waals surface area contributed by atoms with E-state index in [1.165, 1.54) is 22.5 Å². The first kappa shape index (κ1) is 21.5. The fourth-order valence-electron chi connectivity index (χ4n) is 2.88. The van der Waals surface area contributed by atoms with Crippen molar-refractivity contribution in [2.45, 2.75) is 22.6 Å². The number of hydrogen-bond acceptors (Lipinski definition) is 4. The summed E-state index contributed by atoms with van der Waals surface area (Å²) in [6, 6.07) is 11.7. The van der Waals surface area contributed by atoms with Gasteiger partial charge in [0, 0.05) is 35.3 Å². The third-order valence-electron chi connectivity index (χ3n) is 4.36. The molecule has 1 aliphatic heterocycles. The van der Waals surface area contributed by atoms with Crippen molar-refractivity contribution in [1.82, 2.24) is 9.62 Å². The van der Waals surface area contributed by atoms with Crippen LogP contribution < -0.4 is 5.32 Å². The highest BCUT2D eigenvalue weighted by Crippen LogP contribution is 2.25. The van der Waals surface area contributed by atoms with Gasteiger partial charge in [-0.1, -0.05) is 23.2 Å². The summed E-state index contributed by atoms with van der Waals surface area (Å²) in [4.78, 5) is 13.6. The number of nitrogens with zero attached hydrogens (tertiary/aromatic N) is 1. The minimum absolute atomic E-state index is 0.0967. The summed E-state index contributed by atoms with van der Waals surface area (Å²) in [5, 5.41) is 3.69. The Morgan fingerprint density at radius 2 is 1.75 bits per heavy atom. The number of benzene rings is 2. The fraction of sp³-hybridized carbons (Fsp3) is 0.316. The van der Waals surface area contributed by atoms with Gasteiger partial charge in [-0.3, -0.25) is 4.79 Å². The Hall–Kier alpha value is -1.25. The number of carbonyl (C=O) groups excluding carboxylic acids is 1. The quantitative estimate of drug-likeness (QED) is 0.495. The number of carbonyl (C=O) groups is 1. The number of nitrogens with one attached hydrogen (secondary N) is 1. The maximum absolute atomic E-state index is 12.7. The molecule has 1 N–H and O–H groups in total. The number of rotatable bonds is 7. The molecule has 0 unspecified atom stereocenters. The molecule has 0 aliphatic carbocycles. The summed E-state index contributed by atoms with van der Waals surface area (Å²) in [6.45, 7) is 1.44. The molecular formula is C19H20Cl2N2O3S2. The van der Waals surface area contributed by atoms with Crippen LogP contribution in [-0.4, -0.2) is 44.0 Å². The molecule has 3 rings (SSSR count). The monoisotopic (exact) mass is 458 g/mol. The minimum Gasteiger partial charge on any atom is -0.351 e. The third-order valence-corrected chi connectivity index (χ3v) is 7.85. The number of sulfonamides is 1. The largest absolute Gasteiger partial charge is 0.351 e. The summed E-state index contributed by atoms with van der Waals surface area (Å²) < 4.78 is 26.8. The lowest BCUT2D eigenvalue weighted by atomic mass is 10.2. The van der Waals surface area contributed by atoms with Gasteiger partial charge in [-0.25, -0.2) is 8.42 Å². The Labute approximate surface area is 179 Å². The molecule has 0 bridgehead atoms. The van der Waals surface area contributed by atoms with E-state index in [9.17, 15) is 13.2 Å². The molecule has 1 aliphatic rings. The lowest BCUT2D eigenvalue weighted by Gasteiger charge is -2.16. The SMILES string of the molecule is O=C(NCCSc1ccc(Cl)cc1)c1cc(S(=O)(=O)N2CCCC2)ccc1Cl. The Morgan fingerprint density at radius 3 is 2.43 bits per heavy atom. The molecule has 28 heavy (non-hydrogen) atoms. The van der Waals surface area contributed by atoms with Crippen molar-refractivity contribution in [3.63, 3.8) is 0 Å². The second kappa shape index (κ2) is 9.50. The van der Waals surface area contributed by atoms with Gasteiger partial charge < -0.3 is 5.32 Å². The van der Waals surface area contributed by atoms with E-state index >= 15 is 0 Å². The van der Waals surface area contributed by atoms with E-state index in [1.54, 1.807) is 11.8 Å². The molecular weight excluding hydrogens is 439 g/mol. The predicted octanol–water partition coefficient (Wildman–Crippen LogP) is 4.30. The zero-order chi connectivity index (χ0) is 20.1. The number of hydrogen-bond donors (Lipinski definition) is 1. The smallest absolute Gasteiger partial charge is 0.252 e. The van der Waals surface area contributed by atoms with Crippen LogP contribution in [0.2, 0.25) is 10.0 Å². The van der Waals surface area contributed by atoms with Crippen molar-refractivity contribution < 1.29 is 13.2 Å². The molecule has 9 heteroatoms. The molecule has 2 aromatic rings. The van der Waals surface area contributed by atoms with Crippen LogP contribution in [-0.2, 0) is 10.0 Å². The zero-order valence-corrected chi connectivity index (χ0v) is 18.2. The first-order chi connectivity index (χ1) is 13.4. The second-order valence-electron chi connectivity index (χ2n) is 6.31. The van der Waals surface area contributed by atoms with Crippen molar-refractivity contribution in [1.29, 1.82) is 0 Å². The average Bonchev–Trinajstić information content (AvgIpc) is 3.22. The molecule has 1 amide bonds. The summed E-state index contributed by atoms with van der Waals surface area (Å²) in [7, 11) is -3.60. The standard InChI is InChI=1S/C19H20Cl2N2O3S2/c20-14-3-5-15(6-4-14)27-12-9-22-19(24)17-13-16(7-8-18(17)21)28(25,26)23-10-1-2-11-23/h3-8,13H,1-2,9-12H2,(H,22,24). The van der Waals surface area contributed by atoms with E-state index in [1.807, 2.05) is 24.3 Å². The third kappa shape index (κ3) is 5.21. The summed E-state index contributed by atoms with van der Waals surface area (Å²) in [5.74, 6) is 0.275. The van der Waals surface area contributed by atoms with Crippen molar-refractivity contribution in [3.8, 4) is 0 Å². The van der Waals surface area contributed by atoms with E-state index in [0.29, 0.717) is 30.4 Å². The second-order valence-corrected chi connectivity index (χ2v) is 10.3. The Bertz CT molecular complexity index is 944. The zero-order valence-electron chi connectivity index (χ0n) is 15.0. The topological polar surface area (TPSA) is 66.5 Å². The molecule has 0 aromatic heterocycles. The average molecular weight is 459 g/mol. The van der Waals surface area contributed by atoms with Crippen molar-refractivity contribution in [3.05, 3.63) is 58.1 Å². The van der Waals surface area contributed by atoms with Gasteiger partial charge in [0.15, 0.2) is 0 Å². The van der Waals surface area contributed by atoms with Crippen LogP contribution in [0.3, 0.4) is 0 Å². The molecule has 1 fully saturated rings. The molecule has 150 valence electrons. The van der Waals surface area contributed by atoms with Gasteiger partial charge in [0.1, 0.15) is 0 Å². The van der Waals surface area contributed by atoms with Gasteiger partial charge >= 0.3 is 0 Å². The van der Waals surface area contributed by atoms with E-state index in [4.69, 9.17) is 23.2 Å². The Kier molecular flexibility index (Phi) is 7.28. The Balaban J connectivity index is 1.62. The van der Waals surface area contributed by atoms with Crippen LogP contribution in [0, 0.1) is 0 Å². The van der Waals surface area contributed by atoms with Crippen LogP contribution in [0.15, 0.2) is 52.3 Å². The van der Waals surface area contributed by atoms with E-state index in [-0.39, 0.29) is 21.4 Å². The lowest BCUT2D eigenvalue weighted by Crippen LogP contribution is -2.29. The van der Waals surface area contributed by atoms with E-state index < -0.39 is 10.0 Å². The lowest BCUT2D eigenvalue weighted by molar-refractivity contribution is 0.0956. The normalized spacial score (nSPS) is 14.9. The van der Waals surface area contributed by atoms with Gasteiger partial charge in [0.05, 0.1) is 15.5 Å². The minimum atomic E-state index is -3.60. The summed E-state index contributed by atoms with van der Waals surface area (Å²) in [6.07, 6.45) is 1.71. The van der Waals surface area contributed by atoms with E-state index in [0.717, 1.165) is 17.7 Å². The van der Waals surface area contributed by atoms with Crippen LogP contribution in [0.25, 0.3) is 0 Å². The molecule has 5 nitrogen and oxygen atoms in total. The summed E-state index contributed by atoms with van der Waals surface area (Å²) >= 11 is 13.6. The molecule has 2 aromatic carbocycles. The number of thioether (sulfide) groups is 1. The molecule has 0 radical (unpaired) electrons. The van der Waals surface area contributed by atoms with Gasteiger partial charge in [-0.2, -0.15) is 4.31 Å². The van der Waals surface area contributed by atoms with Gasteiger partial charge in [0.25, 0.3) is 5.91 Å². The highest BCUT2D eigenvalue weighted by Gasteiger charge is 2.28. The number of halogens is 2. The number of amides is 1. The molecule has 1 heterocycles. The van der Waals surface area contributed by atoms with Crippen LogP contribution in [0.1, 0.15) is 23.2 Å². The van der Waals surface area contributed by atoms with Gasteiger partial charge in [0.2, 0.25) is 10.0 Å². The molecule has 0 spiro atoms. The maximum Gasteiger partial charge on any atom is 0.252 e. The molecule has 0 saturated carbocycles. The predicted molar refractivity (Wildman–Crippen MR) is 114 cm³/mol. The van der Waals surface area contributed by atoms with Crippen LogP contribution in [0.4, 0.5) is 0 Å². The van der Waals surface area contributed by atoms with Crippen molar-refractivity contribution in [2.24, 2.45) is 0 Å². The Morgan fingerprint density at radius 1 is 1.07 bits per heavy atom. The molecule has 0 atom stereocenters. The molecule has 1 saturated heterocycles. The van der Waals surface area contributed by atoms with Crippen molar-refractivity contribution >= 4 is 50.9 Å². The summed E-state index contributed by atoms with van der Waals surface area (Å²) in [5.41, 5.74) is 0.165.